The fourth-order valence-electron chi connectivity index (χ4n) is 4.39. The van der Waals surface area contributed by atoms with Crippen LogP contribution in [0.5, 0.6) is 0 Å². The molecule has 1 atom stereocenters. The lowest BCUT2D eigenvalue weighted by atomic mass is 9.87. The molecule has 1 aromatic heterocycles. The Morgan fingerprint density at radius 2 is 1.82 bits per heavy atom. The molecule has 0 radical (unpaired) electrons. The first-order valence-electron chi connectivity index (χ1n) is 10.3. The van der Waals surface area contributed by atoms with Crippen LogP contribution in [0.4, 0.5) is 0 Å². The zero-order valence-corrected chi connectivity index (χ0v) is 17.7. The Labute approximate surface area is 173 Å². The van der Waals surface area contributed by atoms with Gasteiger partial charge in [0.25, 0.3) is 5.91 Å². The number of likely N-dealkylation sites (tertiary alicyclic amines) is 1. The van der Waals surface area contributed by atoms with Crippen molar-refractivity contribution in [3.63, 3.8) is 0 Å². The summed E-state index contributed by atoms with van der Waals surface area (Å²) in [5.74, 6) is 1.40. The molecule has 0 spiro atoms. The minimum atomic E-state index is -0.378. The third-order valence-electron chi connectivity index (χ3n) is 6.11. The van der Waals surface area contributed by atoms with E-state index in [1.54, 1.807) is 5.38 Å². The number of carbonyl (C=O) groups is 3. The number of hydrogen-bond donors (Lipinski definition) is 1. The smallest absolute Gasteiger partial charge is 0.271 e. The van der Waals surface area contributed by atoms with E-state index in [-0.39, 0.29) is 23.0 Å². The number of aromatic nitrogens is 1. The zero-order chi connectivity index (χ0) is 19.5. The average molecular weight is 422 g/mol. The minimum absolute atomic E-state index is 0.0406. The number of thiazole rings is 1. The Morgan fingerprint density at radius 3 is 2.50 bits per heavy atom. The normalized spacial score (nSPS) is 24.5. The standard InChI is InChI=1S/C20H27N3O3S2/c24-17(21-15-8-11-27-20(15)26)16-12-28-18(22-16)13-6-9-23(10-7-13)19(25)14-4-2-1-3-5-14/h12-15H,1-11H2,(H,21,24). The first kappa shape index (κ1) is 19.9. The third kappa shape index (κ3) is 4.43. The van der Waals surface area contributed by atoms with Crippen LogP contribution >= 0.6 is 23.1 Å². The Balaban J connectivity index is 1.29. The molecule has 2 aliphatic heterocycles. The summed E-state index contributed by atoms with van der Waals surface area (Å²) in [7, 11) is 0. The number of nitrogens with zero attached hydrogens (tertiary/aromatic N) is 2. The van der Waals surface area contributed by atoms with Gasteiger partial charge in [-0.1, -0.05) is 31.0 Å². The first-order valence-corrected chi connectivity index (χ1v) is 12.2. The minimum Gasteiger partial charge on any atom is -0.342 e. The molecular formula is C20H27N3O3S2. The second-order valence-electron chi connectivity index (χ2n) is 7.99. The monoisotopic (exact) mass is 421 g/mol. The van der Waals surface area contributed by atoms with Crippen molar-refractivity contribution in [2.75, 3.05) is 18.8 Å². The van der Waals surface area contributed by atoms with Crippen LogP contribution in [-0.2, 0) is 9.59 Å². The van der Waals surface area contributed by atoms with Gasteiger partial charge in [-0.2, -0.15) is 0 Å². The quantitative estimate of drug-likeness (QED) is 0.808. The number of rotatable bonds is 4. The SMILES string of the molecule is O=C(NC1CCSC1=O)c1csc(C2CCN(C(=O)C3CCCCC3)CC2)n1. The van der Waals surface area contributed by atoms with Crippen molar-refractivity contribution >= 4 is 40.0 Å². The van der Waals surface area contributed by atoms with E-state index in [0.29, 0.717) is 23.9 Å². The van der Waals surface area contributed by atoms with E-state index in [0.717, 1.165) is 49.5 Å². The maximum atomic E-state index is 12.7. The number of piperidine rings is 1. The number of nitrogens with one attached hydrogen (secondary N) is 1. The van der Waals surface area contributed by atoms with Crippen molar-refractivity contribution < 1.29 is 14.4 Å². The second kappa shape index (κ2) is 8.95. The van der Waals surface area contributed by atoms with Crippen LogP contribution < -0.4 is 5.32 Å². The van der Waals surface area contributed by atoms with E-state index in [1.807, 2.05) is 4.90 Å². The predicted molar refractivity (Wildman–Crippen MR) is 111 cm³/mol. The molecule has 152 valence electrons. The van der Waals surface area contributed by atoms with E-state index in [2.05, 4.69) is 10.3 Å². The predicted octanol–water partition coefficient (Wildman–Crippen LogP) is 3.19. The molecular weight excluding hydrogens is 394 g/mol. The highest BCUT2D eigenvalue weighted by molar-refractivity contribution is 8.14. The van der Waals surface area contributed by atoms with Crippen LogP contribution in [0.2, 0.25) is 0 Å². The molecule has 1 unspecified atom stereocenters. The molecule has 6 nitrogen and oxygen atoms in total. The topological polar surface area (TPSA) is 79.4 Å². The van der Waals surface area contributed by atoms with Gasteiger partial charge in [0, 0.05) is 36.1 Å². The summed E-state index contributed by atoms with van der Waals surface area (Å²) < 4.78 is 0. The van der Waals surface area contributed by atoms with Gasteiger partial charge in [0.05, 0.1) is 11.0 Å². The van der Waals surface area contributed by atoms with E-state index in [4.69, 9.17) is 0 Å². The van der Waals surface area contributed by atoms with E-state index < -0.39 is 0 Å². The molecule has 1 saturated carbocycles. The molecule has 0 aromatic carbocycles. The van der Waals surface area contributed by atoms with E-state index >= 15 is 0 Å². The fraction of sp³-hybridized carbons (Fsp3) is 0.700. The van der Waals surface area contributed by atoms with Gasteiger partial charge >= 0.3 is 0 Å². The second-order valence-corrected chi connectivity index (χ2v) is 9.98. The largest absolute Gasteiger partial charge is 0.342 e. The Hall–Kier alpha value is -1.41. The molecule has 3 heterocycles. The molecule has 2 amide bonds. The van der Waals surface area contributed by atoms with Gasteiger partial charge in [0.2, 0.25) is 11.0 Å². The molecule has 3 fully saturated rings. The molecule has 1 aromatic rings. The lowest BCUT2D eigenvalue weighted by Crippen LogP contribution is -2.41. The van der Waals surface area contributed by atoms with Crippen LogP contribution in [0.1, 0.15) is 72.8 Å². The lowest BCUT2D eigenvalue weighted by Gasteiger charge is -2.34. The van der Waals surface area contributed by atoms with Crippen molar-refractivity contribution in [1.82, 2.24) is 15.2 Å². The highest BCUT2D eigenvalue weighted by Crippen LogP contribution is 2.32. The van der Waals surface area contributed by atoms with E-state index in [9.17, 15) is 14.4 Å². The summed E-state index contributed by atoms with van der Waals surface area (Å²) >= 11 is 2.79. The molecule has 3 aliphatic rings. The van der Waals surface area contributed by atoms with Gasteiger partial charge in [-0.3, -0.25) is 14.4 Å². The van der Waals surface area contributed by atoms with Gasteiger partial charge < -0.3 is 10.2 Å². The van der Waals surface area contributed by atoms with Crippen LogP contribution in [0, 0.1) is 5.92 Å². The Morgan fingerprint density at radius 1 is 1.07 bits per heavy atom. The highest BCUT2D eigenvalue weighted by Gasteiger charge is 2.31. The van der Waals surface area contributed by atoms with Gasteiger partial charge in [-0.05, 0) is 32.1 Å². The maximum absolute atomic E-state index is 12.7. The van der Waals surface area contributed by atoms with Crippen molar-refractivity contribution in [1.29, 1.82) is 0 Å². The van der Waals surface area contributed by atoms with Crippen molar-refractivity contribution in [3.8, 4) is 0 Å². The molecule has 4 rings (SSSR count). The highest BCUT2D eigenvalue weighted by atomic mass is 32.2. The van der Waals surface area contributed by atoms with Gasteiger partial charge in [0.1, 0.15) is 5.69 Å². The summed E-state index contributed by atoms with van der Waals surface area (Å²) in [5, 5.41) is 5.60. The number of thioether (sulfide) groups is 1. The summed E-state index contributed by atoms with van der Waals surface area (Å²) in [4.78, 5) is 43.4. The van der Waals surface area contributed by atoms with Crippen molar-refractivity contribution in [2.45, 2.75) is 63.3 Å². The van der Waals surface area contributed by atoms with Crippen LogP contribution in [0.25, 0.3) is 0 Å². The van der Waals surface area contributed by atoms with Gasteiger partial charge in [0.15, 0.2) is 0 Å². The Bertz CT molecular complexity index is 737. The molecule has 1 N–H and O–H groups in total. The summed E-state index contributed by atoms with van der Waals surface area (Å²) in [5.41, 5.74) is 0.408. The van der Waals surface area contributed by atoms with Crippen LogP contribution in [0.15, 0.2) is 5.38 Å². The van der Waals surface area contributed by atoms with Crippen molar-refractivity contribution in [3.05, 3.63) is 16.1 Å². The lowest BCUT2D eigenvalue weighted by molar-refractivity contribution is -0.137. The number of amides is 2. The van der Waals surface area contributed by atoms with Gasteiger partial charge in [-0.15, -0.1) is 11.3 Å². The molecule has 0 bridgehead atoms. The number of hydrogen-bond acceptors (Lipinski definition) is 6. The molecule has 8 heteroatoms. The maximum Gasteiger partial charge on any atom is 0.271 e. The zero-order valence-electron chi connectivity index (χ0n) is 16.0. The summed E-state index contributed by atoms with van der Waals surface area (Å²) in [6, 6.07) is -0.378. The third-order valence-corrected chi connectivity index (χ3v) is 8.12. The summed E-state index contributed by atoms with van der Waals surface area (Å²) in [6.07, 6.45) is 8.23. The van der Waals surface area contributed by atoms with Crippen LogP contribution in [-0.4, -0.2) is 51.7 Å². The van der Waals surface area contributed by atoms with Crippen molar-refractivity contribution in [2.24, 2.45) is 5.92 Å². The van der Waals surface area contributed by atoms with Crippen LogP contribution in [0.3, 0.4) is 0 Å². The molecule has 28 heavy (non-hydrogen) atoms. The Kier molecular flexibility index (Phi) is 6.35. The van der Waals surface area contributed by atoms with E-state index in [1.165, 1.54) is 42.4 Å². The fourth-order valence-corrected chi connectivity index (χ4v) is 6.30. The molecule has 1 aliphatic carbocycles. The first-order chi connectivity index (χ1) is 13.6. The summed E-state index contributed by atoms with van der Waals surface area (Å²) in [6.45, 7) is 1.57. The average Bonchev–Trinajstić information content (AvgIpc) is 3.38. The molecule has 2 saturated heterocycles. The number of carbonyl (C=O) groups excluding carboxylic acids is 3. The van der Waals surface area contributed by atoms with Gasteiger partial charge in [-0.25, -0.2) is 4.98 Å².